The number of hydrogen-bond donors (Lipinski definition) is 1. The van der Waals surface area contributed by atoms with Crippen LogP contribution in [0.1, 0.15) is 5.56 Å². The molecule has 5 nitrogen and oxygen atoms in total. The number of anilines is 1. The highest BCUT2D eigenvalue weighted by atomic mass is 79.9. The molecule has 2 N–H and O–H groups in total. The van der Waals surface area contributed by atoms with Crippen molar-refractivity contribution in [2.45, 2.75) is 6.54 Å². The first-order valence-electron chi connectivity index (χ1n) is 4.57. The molecule has 0 aliphatic carbocycles. The summed E-state index contributed by atoms with van der Waals surface area (Å²) in [6.07, 6.45) is 4.57. The van der Waals surface area contributed by atoms with Crippen LogP contribution in [-0.2, 0) is 6.54 Å². The van der Waals surface area contributed by atoms with Gasteiger partial charge in [-0.15, -0.1) is 0 Å². The van der Waals surface area contributed by atoms with E-state index in [4.69, 9.17) is 5.73 Å². The zero-order valence-electron chi connectivity index (χ0n) is 8.30. The van der Waals surface area contributed by atoms with E-state index in [-0.39, 0.29) is 5.56 Å². The van der Waals surface area contributed by atoms with Crippen LogP contribution in [0.4, 0.5) is 5.82 Å². The number of rotatable bonds is 2. The highest BCUT2D eigenvalue weighted by Gasteiger charge is 2.02. The largest absolute Gasteiger partial charge is 0.384 e. The molecule has 0 saturated carbocycles. The average Bonchev–Trinajstić information content (AvgIpc) is 2.25. The maximum atomic E-state index is 11.7. The fraction of sp³-hybridized carbons (Fsp3) is 0.100. The van der Waals surface area contributed by atoms with Crippen LogP contribution in [0.2, 0.25) is 0 Å². The number of nitrogens with two attached hydrogens (primary N) is 1. The summed E-state index contributed by atoms with van der Waals surface area (Å²) >= 11 is 3.14. The first-order chi connectivity index (χ1) is 7.66. The molecule has 0 saturated heterocycles. The Morgan fingerprint density at radius 1 is 1.50 bits per heavy atom. The molecule has 82 valence electrons. The first kappa shape index (κ1) is 10.8. The van der Waals surface area contributed by atoms with Gasteiger partial charge in [-0.05, 0) is 33.6 Å². The van der Waals surface area contributed by atoms with Crippen molar-refractivity contribution < 1.29 is 0 Å². The molecule has 2 aromatic heterocycles. The van der Waals surface area contributed by atoms with Gasteiger partial charge >= 0.3 is 0 Å². The van der Waals surface area contributed by atoms with Gasteiger partial charge in [0, 0.05) is 12.4 Å². The van der Waals surface area contributed by atoms with Crippen LogP contribution in [0.25, 0.3) is 0 Å². The lowest BCUT2D eigenvalue weighted by molar-refractivity contribution is 0.730. The van der Waals surface area contributed by atoms with E-state index in [0.29, 0.717) is 16.8 Å². The number of pyridine rings is 1. The highest BCUT2D eigenvalue weighted by Crippen LogP contribution is 2.05. The smallest absolute Gasteiger partial charge is 0.267 e. The molecule has 0 amide bonds. The molecule has 0 aliphatic rings. The molecule has 0 bridgehead atoms. The summed E-state index contributed by atoms with van der Waals surface area (Å²) in [5, 5.41) is 0. The van der Waals surface area contributed by atoms with E-state index in [1.807, 2.05) is 6.07 Å². The first-order valence-corrected chi connectivity index (χ1v) is 5.36. The predicted molar refractivity (Wildman–Crippen MR) is 63.9 cm³/mol. The highest BCUT2D eigenvalue weighted by molar-refractivity contribution is 9.10. The Morgan fingerprint density at radius 3 is 3.06 bits per heavy atom. The van der Waals surface area contributed by atoms with Crippen LogP contribution in [0, 0.1) is 0 Å². The summed E-state index contributed by atoms with van der Waals surface area (Å²) in [5.74, 6) is 0.438. The van der Waals surface area contributed by atoms with Gasteiger partial charge in [-0.2, -0.15) is 0 Å². The monoisotopic (exact) mass is 280 g/mol. The minimum Gasteiger partial charge on any atom is -0.384 e. The maximum Gasteiger partial charge on any atom is 0.267 e. The van der Waals surface area contributed by atoms with Gasteiger partial charge in [-0.3, -0.25) is 9.36 Å². The lowest BCUT2D eigenvalue weighted by atomic mass is 10.2. The number of hydrogen-bond acceptors (Lipinski definition) is 4. The number of nitrogens with zero attached hydrogens (tertiary/aromatic N) is 3. The SMILES string of the molecule is Nc1cc(Cn2cncc(Br)c2=O)ccn1. The van der Waals surface area contributed by atoms with Gasteiger partial charge in [0.1, 0.15) is 10.3 Å². The van der Waals surface area contributed by atoms with Crippen LogP contribution < -0.4 is 11.3 Å². The molecule has 0 aromatic carbocycles. The van der Waals surface area contributed by atoms with Gasteiger partial charge in [0.25, 0.3) is 5.56 Å². The Hall–Kier alpha value is -1.69. The van der Waals surface area contributed by atoms with Crippen LogP contribution in [-0.4, -0.2) is 14.5 Å². The summed E-state index contributed by atoms with van der Waals surface area (Å²) in [6, 6.07) is 3.54. The Morgan fingerprint density at radius 2 is 2.31 bits per heavy atom. The second-order valence-corrected chi connectivity index (χ2v) is 4.12. The van der Waals surface area contributed by atoms with Crippen LogP contribution in [0.5, 0.6) is 0 Å². The molecular weight excluding hydrogens is 272 g/mol. The molecule has 2 rings (SSSR count). The molecule has 6 heteroatoms. The van der Waals surface area contributed by atoms with Gasteiger partial charge in [-0.25, -0.2) is 9.97 Å². The number of nitrogen functional groups attached to an aromatic ring is 1. The van der Waals surface area contributed by atoms with Crippen molar-refractivity contribution in [3.05, 3.63) is 51.2 Å². The second kappa shape index (κ2) is 4.44. The van der Waals surface area contributed by atoms with E-state index in [9.17, 15) is 4.79 Å². The molecule has 2 heterocycles. The molecule has 0 spiro atoms. The van der Waals surface area contributed by atoms with Crippen molar-refractivity contribution >= 4 is 21.7 Å². The van der Waals surface area contributed by atoms with E-state index in [2.05, 4.69) is 25.9 Å². The third kappa shape index (κ3) is 2.27. The van der Waals surface area contributed by atoms with Gasteiger partial charge in [0.05, 0.1) is 12.9 Å². The minimum absolute atomic E-state index is 0.120. The van der Waals surface area contributed by atoms with Crippen molar-refractivity contribution in [1.29, 1.82) is 0 Å². The molecule has 2 aromatic rings. The predicted octanol–water partition coefficient (Wildman–Crippen LogP) is 1.03. The van der Waals surface area contributed by atoms with Crippen LogP contribution in [0.15, 0.2) is 40.1 Å². The zero-order valence-corrected chi connectivity index (χ0v) is 9.89. The quantitative estimate of drug-likeness (QED) is 0.892. The third-order valence-electron chi connectivity index (χ3n) is 2.06. The van der Waals surface area contributed by atoms with Gasteiger partial charge in [0.2, 0.25) is 0 Å². The second-order valence-electron chi connectivity index (χ2n) is 3.26. The van der Waals surface area contributed by atoms with Crippen molar-refractivity contribution in [3.8, 4) is 0 Å². The summed E-state index contributed by atoms with van der Waals surface area (Å²) in [5.41, 5.74) is 6.35. The van der Waals surface area contributed by atoms with E-state index < -0.39 is 0 Å². The summed E-state index contributed by atoms with van der Waals surface area (Å²) < 4.78 is 1.94. The molecule has 0 atom stereocenters. The average molecular weight is 281 g/mol. The van der Waals surface area contributed by atoms with Crippen LogP contribution >= 0.6 is 15.9 Å². The summed E-state index contributed by atoms with van der Waals surface area (Å²) in [7, 11) is 0. The molecule has 0 unspecified atom stereocenters. The van der Waals surface area contributed by atoms with Gasteiger partial charge in [0.15, 0.2) is 0 Å². The molecule has 0 fully saturated rings. The van der Waals surface area contributed by atoms with Crippen LogP contribution in [0.3, 0.4) is 0 Å². The van der Waals surface area contributed by atoms with E-state index >= 15 is 0 Å². The maximum absolute atomic E-state index is 11.7. The Kier molecular flexibility index (Phi) is 3.00. The number of aromatic nitrogens is 3. The van der Waals surface area contributed by atoms with E-state index in [1.54, 1.807) is 12.3 Å². The number of halogens is 1. The molecular formula is C10H9BrN4O. The zero-order chi connectivity index (χ0) is 11.5. The van der Waals surface area contributed by atoms with Crippen molar-refractivity contribution in [1.82, 2.24) is 14.5 Å². The Bertz CT molecular complexity index is 567. The summed E-state index contributed by atoms with van der Waals surface area (Å²) in [6.45, 7) is 0.429. The van der Waals surface area contributed by atoms with E-state index in [1.165, 1.54) is 17.1 Å². The van der Waals surface area contributed by atoms with Gasteiger partial charge in [-0.1, -0.05) is 0 Å². The normalized spacial score (nSPS) is 10.3. The Labute approximate surface area is 100 Å². The molecule has 0 radical (unpaired) electrons. The van der Waals surface area contributed by atoms with E-state index in [0.717, 1.165) is 5.56 Å². The summed E-state index contributed by atoms with van der Waals surface area (Å²) in [4.78, 5) is 19.5. The van der Waals surface area contributed by atoms with Gasteiger partial charge < -0.3 is 5.73 Å². The fourth-order valence-electron chi connectivity index (χ4n) is 1.33. The standard InChI is InChI=1S/C10H9BrN4O/c11-8-4-13-6-15(10(8)16)5-7-1-2-14-9(12)3-7/h1-4,6H,5H2,(H2,12,14). The van der Waals surface area contributed by atoms with Crippen molar-refractivity contribution in [3.63, 3.8) is 0 Å². The lowest BCUT2D eigenvalue weighted by Crippen LogP contribution is -2.21. The van der Waals surface area contributed by atoms with Crippen molar-refractivity contribution in [2.75, 3.05) is 5.73 Å². The Balaban J connectivity index is 2.34. The molecule has 16 heavy (non-hydrogen) atoms. The third-order valence-corrected chi connectivity index (χ3v) is 2.60. The minimum atomic E-state index is -0.120. The fourth-order valence-corrected chi connectivity index (χ4v) is 1.67. The lowest BCUT2D eigenvalue weighted by Gasteiger charge is -2.05. The topological polar surface area (TPSA) is 73.8 Å². The molecule has 0 aliphatic heterocycles. The van der Waals surface area contributed by atoms with Crippen molar-refractivity contribution in [2.24, 2.45) is 0 Å².